The van der Waals surface area contributed by atoms with Gasteiger partial charge < -0.3 is 10.1 Å². The molecular weight excluding hydrogens is 372 g/mol. The third-order valence-corrected chi connectivity index (χ3v) is 6.18. The number of carbonyl (C=O) groups is 1. The third-order valence-electron chi connectivity index (χ3n) is 5.32. The second kappa shape index (κ2) is 9.41. The van der Waals surface area contributed by atoms with Crippen LogP contribution in [-0.2, 0) is 4.74 Å². The SMILES string of the molecule is O=C(N[C@@H](c1nccs1)[C@@H]1CCCN(CC2=CCCOC2)C1)c1ccccn1. The van der Waals surface area contributed by atoms with Crippen LogP contribution in [0.2, 0.25) is 0 Å². The van der Waals surface area contributed by atoms with E-state index in [0.29, 0.717) is 11.6 Å². The predicted octanol–water partition coefficient (Wildman–Crippen LogP) is 3.07. The molecular formula is C21H26N4O2S. The van der Waals surface area contributed by atoms with Gasteiger partial charge >= 0.3 is 0 Å². The molecule has 0 saturated carbocycles. The Bertz CT molecular complexity index is 794. The van der Waals surface area contributed by atoms with Crippen LogP contribution < -0.4 is 5.32 Å². The van der Waals surface area contributed by atoms with Crippen molar-refractivity contribution in [3.63, 3.8) is 0 Å². The number of aromatic nitrogens is 2. The smallest absolute Gasteiger partial charge is 0.270 e. The Morgan fingerprint density at radius 2 is 2.32 bits per heavy atom. The fourth-order valence-corrected chi connectivity index (χ4v) is 4.78. The Balaban J connectivity index is 1.46. The van der Waals surface area contributed by atoms with Crippen LogP contribution in [0.3, 0.4) is 0 Å². The highest BCUT2D eigenvalue weighted by molar-refractivity contribution is 7.09. The first-order valence-corrected chi connectivity index (χ1v) is 10.8. The average molecular weight is 399 g/mol. The second-order valence-corrected chi connectivity index (χ2v) is 8.30. The van der Waals surface area contributed by atoms with Gasteiger partial charge in [0.2, 0.25) is 0 Å². The van der Waals surface area contributed by atoms with Gasteiger partial charge in [-0.1, -0.05) is 12.1 Å². The summed E-state index contributed by atoms with van der Waals surface area (Å²) in [6.45, 7) is 4.57. The van der Waals surface area contributed by atoms with Crippen molar-refractivity contribution in [1.29, 1.82) is 0 Å². The van der Waals surface area contributed by atoms with Crippen molar-refractivity contribution in [3.05, 3.63) is 58.3 Å². The van der Waals surface area contributed by atoms with Crippen LogP contribution in [0.1, 0.15) is 40.8 Å². The van der Waals surface area contributed by atoms with Crippen molar-refractivity contribution in [1.82, 2.24) is 20.2 Å². The first kappa shape index (κ1) is 19.2. The van der Waals surface area contributed by atoms with Gasteiger partial charge in [-0.2, -0.15) is 0 Å². The molecule has 0 aliphatic carbocycles. The largest absolute Gasteiger partial charge is 0.377 e. The summed E-state index contributed by atoms with van der Waals surface area (Å²) in [7, 11) is 0. The van der Waals surface area contributed by atoms with E-state index >= 15 is 0 Å². The number of amides is 1. The second-order valence-electron chi connectivity index (χ2n) is 7.38. The Morgan fingerprint density at radius 3 is 3.07 bits per heavy atom. The fraction of sp³-hybridized carbons (Fsp3) is 0.476. The highest BCUT2D eigenvalue weighted by Crippen LogP contribution is 2.31. The first-order valence-electron chi connectivity index (χ1n) is 9.89. The molecule has 7 heteroatoms. The fourth-order valence-electron chi connectivity index (χ4n) is 3.99. The van der Waals surface area contributed by atoms with Crippen molar-refractivity contribution >= 4 is 17.2 Å². The van der Waals surface area contributed by atoms with Gasteiger partial charge in [-0.25, -0.2) is 4.98 Å². The van der Waals surface area contributed by atoms with E-state index in [1.807, 2.05) is 23.7 Å². The molecule has 1 amide bonds. The quantitative estimate of drug-likeness (QED) is 0.758. The summed E-state index contributed by atoms with van der Waals surface area (Å²) >= 11 is 1.60. The van der Waals surface area contributed by atoms with E-state index < -0.39 is 0 Å². The van der Waals surface area contributed by atoms with Gasteiger partial charge in [0.25, 0.3) is 5.91 Å². The lowest BCUT2D eigenvalue weighted by Gasteiger charge is -2.37. The minimum atomic E-state index is -0.138. The standard InChI is InChI=1S/C21H26N4O2S/c26-20(18-7-1-2-8-22-18)24-19(21-23-9-12-28-21)17-6-3-10-25(14-17)13-16-5-4-11-27-15-16/h1-2,5,7-9,12,17,19H,3-4,6,10-11,13-15H2,(H,24,26)/t17-,19-/m1/s1. The lowest BCUT2D eigenvalue weighted by Crippen LogP contribution is -2.44. The molecule has 0 unspecified atom stereocenters. The van der Waals surface area contributed by atoms with E-state index in [0.717, 1.165) is 57.1 Å². The minimum Gasteiger partial charge on any atom is -0.377 e. The molecule has 2 atom stereocenters. The number of nitrogens with one attached hydrogen (secondary N) is 1. The number of piperidine rings is 1. The zero-order chi connectivity index (χ0) is 19.2. The van der Waals surface area contributed by atoms with Gasteiger partial charge in [0.15, 0.2) is 0 Å². The monoisotopic (exact) mass is 398 g/mol. The molecule has 0 radical (unpaired) electrons. The molecule has 4 heterocycles. The maximum atomic E-state index is 12.8. The van der Waals surface area contributed by atoms with Crippen LogP contribution in [0.25, 0.3) is 0 Å². The molecule has 0 bridgehead atoms. The summed E-state index contributed by atoms with van der Waals surface area (Å²) in [5.74, 6) is 0.194. The molecule has 1 saturated heterocycles. The lowest BCUT2D eigenvalue weighted by molar-refractivity contribution is 0.0876. The topological polar surface area (TPSA) is 67.4 Å². The molecule has 4 rings (SSSR count). The number of rotatable bonds is 6. The van der Waals surface area contributed by atoms with Gasteiger partial charge in [-0.05, 0) is 49.4 Å². The van der Waals surface area contributed by atoms with Crippen LogP contribution in [0.15, 0.2) is 47.6 Å². The van der Waals surface area contributed by atoms with Crippen molar-refractivity contribution in [2.75, 3.05) is 32.8 Å². The number of pyridine rings is 1. The van der Waals surface area contributed by atoms with E-state index in [1.54, 1.807) is 23.6 Å². The van der Waals surface area contributed by atoms with Crippen molar-refractivity contribution in [2.24, 2.45) is 5.92 Å². The van der Waals surface area contributed by atoms with Crippen molar-refractivity contribution in [3.8, 4) is 0 Å². The number of likely N-dealkylation sites (tertiary alicyclic amines) is 1. The molecule has 2 aromatic rings. The maximum absolute atomic E-state index is 12.8. The van der Waals surface area contributed by atoms with E-state index in [9.17, 15) is 4.79 Å². The predicted molar refractivity (Wildman–Crippen MR) is 109 cm³/mol. The maximum Gasteiger partial charge on any atom is 0.270 e. The molecule has 28 heavy (non-hydrogen) atoms. The molecule has 1 N–H and O–H groups in total. The zero-order valence-electron chi connectivity index (χ0n) is 15.9. The molecule has 6 nitrogen and oxygen atoms in total. The minimum absolute atomic E-state index is 0.0890. The third kappa shape index (κ3) is 4.84. The summed E-state index contributed by atoms with van der Waals surface area (Å²) in [4.78, 5) is 23.9. The summed E-state index contributed by atoms with van der Waals surface area (Å²) in [5, 5.41) is 6.15. The molecule has 2 aliphatic heterocycles. The van der Waals surface area contributed by atoms with Gasteiger partial charge in [-0.15, -0.1) is 11.3 Å². The zero-order valence-corrected chi connectivity index (χ0v) is 16.7. The molecule has 2 aliphatic rings. The summed E-state index contributed by atoms with van der Waals surface area (Å²) in [5.41, 5.74) is 1.82. The first-order chi connectivity index (χ1) is 13.8. The van der Waals surface area contributed by atoms with E-state index in [4.69, 9.17) is 4.74 Å². The number of hydrogen-bond acceptors (Lipinski definition) is 6. The summed E-state index contributed by atoms with van der Waals surface area (Å²) < 4.78 is 5.59. The Hall–Kier alpha value is -2.09. The molecule has 0 spiro atoms. The summed E-state index contributed by atoms with van der Waals surface area (Å²) in [6, 6.07) is 5.31. The number of hydrogen-bond donors (Lipinski definition) is 1. The van der Waals surface area contributed by atoms with Crippen LogP contribution in [-0.4, -0.2) is 53.6 Å². The van der Waals surface area contributed by atoms with E-state index in [-0.39, 0.29) is 11.9 Å². The van der Waals surface area contributed by atoms with Crippen LogP contribution in [0, 0.1) is 5.92 Å². The summed E-state index contributed by atoms with van der Waals surface area (Å²) in [6.07, 6.45) is 8.99. The van der Waals surface area contributed by atoms with Gasteiger partial charge in [0.05, 0.1) is 19.3 Å². The lowest BCUT2D eigenvalue weighted by atomic mass is 9.90. The van der Waals surface area contributed by atoms with Gasteiger partial charge in [0.1, 0.15) is 10.7 Å². The van der Waals surface area contributed by atoms with Crippen molar-refractivity contribution < 1.29 is 9.53 Å². The van der Waals surface area contributed by atoms with Crippen LogP contribution >= 0.6 is 11.3 Å². The normalized spacial score (nSPS) is 21.7. The number of thiazole rings is 1. The van der Waals surface area contributed by atoms with Crippen LogP contribution in [0.4, 0.5) is 0 Å². The molecule has 148 valence electrons. The number of nitrogens with zero attached hydrogens (tertiary/aromatic N) is 3. The van der Waals surface area contributed by atoms with Crippen LogP contribution in [0.5, 0.6) is 0 Å². The Kier molecular flexibility index (Phi) is 6.46. The highest BCUT2D eigenvalue weighted by Gasteiger charge is 2.31. The Labute approximate surface area is 169 Å². The highest BCUT2D eigenvalue weighted by atomic mass is 32.1. The average Bonchev–Trinajstić information content (AvgIpc) is 3.28. The van der Waals surface area contributed by atoms with Gasteiger partial charge in [-0.3, -0.25) is 14.7 Å². The van der Waals surface area contributed by atoms with E-state index in [2.05, 4.69) is 26.3 Å². The molecule has 2 aromatic heterocycles. The number of carbonyl (C=O) groups excluding carboxylic acids is 1. The Morgan fingerprint density at radius 1 is 1.36 bits per heavy atom. The van der Waals surface area contributed by atoms with Gasteiger partial charge in [0, 0.05) is 30.9 Å². The van der Waals surface area contributed by atoms with Crippen molar-refractivity contribution in [2.45, 2.75) is 25.3 Å². The number of ether oxygens (including phenoxy) is 1. The molecule has 1 fully saturated rings. The van der Waals surface area contributed by atoms with E-state index in [1.165, 1.54) is 5.57 Å². The molecule has 0 aromatic carbocycles.